The van der Waals surface area contributed by atoms with Crippen molar-refractivity contribution in [2.45, 2.75) is 31.4 Å². The van der Waals surface area contributed by atoms with Crippen LogP contribution in [0.4, 0.5) is 5.69 Å². The Kier molecular flexibility index (Phi) is 3.67. The topological polar surface area (TPSA) is 32.3 Å². The molecule has 1 fully saturated rings. The van der Waals surface area contributed by atoms with E-state index >= 15 is 0 Å². The summed E-state index contributed by atoms with van der Waals surface area (Å²) in [5.74, 6) is 1.21. The molecule has 1 aromatic carbocycles. The maximum absolute atomic E-state index is 12.7. The van der Waals surface area contributed by atoms with Crippen molar-refractivity contribution < 1.29 is 4.79 Å². The molecule has 1 saturated heterocycles. The van der Waals surface area contributed by atoms with Crippen molar-refractivity contribution in [3.63, 3.8) is 0 Å². The van der Waals surface area contributed by atoms with Gasteiger partial charge in [-0.25, -0.2) is 0 Å². The van der Waals surface area contributed by atoms with E-state index in [9.17, 15) is 4.79 Å². The number of benzene rings is 1. The summed E-state index contributed by atoms with van der Waals surface area (Å²) in [6.07, 6.45) is 2.13. The summed E-state index contributed by atoms with van der Waals surface area (Å²) in [6.45, 7) is 7.25. The molecular formula is C16H22N2OS. The van der Waals surface area contributed by atoms with Crippen LogP contribution in [0, 0.1) is 0 Å². The summed E-state index contributed by atoms with van der Waals surface area (Å²) in [5, 5.41) is 3.35. The molecule has 1 amide bonds. The van der Waals surface area contributed by atoms with Crippen LogP contribution >= 0.6 is 11.8 Å². The van der Waals surface area contributed by atoms with E-state index in [1.54, 1.807) is 0 Å². The Hall–Kier alpha value is -1.16. The third-order valence-corrected chi connectivity index (χ3v) is 5.56. The molecule has 4 heteroatoms. The van der Waals surface area contributed by atoms with Crippen LogP contribution in [0.1, 0.15) is 36.2 Å². The van der Waals surface area contributed by atoms with Gasteiger partial charge in [-0.1, -0.05) is 19.9 Å². The third-order valence-electron chi connectivity index (χ3n) is 4.19. The Morgan fingerprint density at radius 1 is 1.35 bits per heavy atom. The number of carbonyl (C=O) groups is 1. The molecule has 0 atom stereocenters. The van der Waals surface area contributed by atoms with Crippen LogP contribution in [0.5, 0.6) is 0 Å². The molecule has 0 aliphatic carbocycles. The number of rotatable bonds is 1. The lowest BCUT2D eigenvalue weighted by Gasteiger charge is -2.23. The first-order chi connectivity index (χ1) is 9.55. The number of anilines is 1. The van der Waals surface area contributed by atoms with E-state index in [0.29, 0.717) is 0 Å². The SMILES string of the molecule is CC1(C)CCN(C(=O)c2ccc3c(c2)NCC3)CCS1. The van der Waals surface area contributed by atoms with Gasteiger partial charge in [0.2, 0.25) is 0 Å². The average Bonchev–Trinajstić information content (AvgIpc) is 2.81. The second kappa shape index (κ2) is 5.32. The van der Waals surface area contributed by atoms with Gasteiger partial charge >= 0.3 is 0 Å². The van der Waals surface area contributed by atoms with Crippen LogP contribution < -0.4 is 5.32 Å². The normalized spacial score (nSPS) is 21.0. The predicted molar refractivity (Wildman–Crippen MR) is 85.7 cm³/mol. The zero-order chi connectivity index (χ0) is 14.2. The second-order valence-electron chi connectivity index (χ2n) is 6.20. The minimum Gasteiger partial charge on any atom is -0.384 e. The molecule has 2 aliphatic heterocycles. The van der Waals surface area contributed by atoms with Crippen LogP contribution in [0.25, 0.3) is 0 Å². The Morgan fingerprint density at radius 2 is 2.20 bits per heavy atom. The maximum Gasteiger partial charge on any atom is 0.253 e. The fourth-order valence-corrected chi connectivity index (χ4v) is 3.93. The number of thioether (sulfide) groups is 1. The van der Waals surface area contributed by atoms with Crippen LogP contribution in [0.2, 0.25) is 0 Å². The summed E-state index contributed by atoms with van der Waals surface area (Å²) in [4.78, 5) is 14.7. The summed E-state index contributed by atoms with van der Waals surface area (Å²) >= 11 is 1.97. The molecule has 20 heavy (non-hydrogen) atoms. The Morgan fingerprint density at radius 3 is 3.05 bits per heavy atom. The van der Waals surface area contributed by atoms with E-state index in [1.165, 1.54) is 5.56 Å². The van der Waals surface area contributed by atoms with E-state index in [2.05, 4.69) is 25.2 Å². The summed E-state index contributed by atoms with van der Waals surface area (Å²) in [5.41, 5.74) is 3.29. The van der Waals surface area contributed by atoms with Gasteiger partial charge in [0, 0.05) is 41.4 Å². The molecule has 3 rings (SSSR count). The Balaban J connectivity index is 1.75. The smallest absolute Gasteiger partial charge is 0.253 e. The summed E-state index contributed by atoms with van der Waals surface area (Å²) in [7, 11) is 0. The summed E-state index contributed by atoms with van der Waals surface area (Å²) < 4.78 is 0.286. The van der Waals surface area contributed by atoms with Gasteiger partial charge in [-0.2, -0.15) is 11.8 Å². The minimum atomic E-state index is 0.180. The number of nitrogens with zero attached hydrogens (tertiary/aromatic N) is 1. The quantitative estimate of drug-likeness (QED) is 0.863. The number of hydrogen-bond acceptors (Lipinski definition) is 3. The molecular weight excluding hydrogens is 268 g/mol. The molecule has 2 heterocycles. The van der Waals surface area contributed by atoms with Crippen molar-refractivity contribution >= 4 is 23.4 Å². The fourth-order valence-electron chi connectivity index (χ4n) is 2.83. The highest BCUT2D eigenvalue weighted by atomic mass is 32.2. The maximum atomic E-state index is 12.7. The van der Waals surface area contributed by atoms with E-state index in [1.807, 2.05) is 28.8 Å². The highest BCUT2D eigenvalue weighted by Gasteiger charge is 2.26. The van der Waals surface area contributed by atoms with Crippen LogP contribution in [-0.4, -0.2) is 40.9 Å². The molecule has 0 unspecified atom stereocenters. The molecule has 0 saturated carbocycles. The lowest BCUT2D eigenvalue weighted by Crippen LogP contribution is -2.33. The zero-order valence-corrected chi connectivity index (χ0v) is 13.1. The number of nitrogens with one attached hydrogen (secondary N) is 1. The zero-order valence-electron chi connectivity index (χ0n) is 12.2. The van der Waals surface area contributed by atoms with E-state index < -0.39 is 0 Å². The average molecular weight is 290 g/mol. The lowest BCUT2D eigenvalue weighted by atomic mass is 10.1. The van der Waals surface area contributed by atoms with Crippen molar-refractivity contribution in [1.82, 2.24) is 4.90 Å². The van der Waals surface area contributed by atoms with Crippen molar-refractivity contribution in [3.05, 3.63) is 29.3 Å². The molecule has 1 aromatic rings. The van der Waals surface area contributed by atoms with E-state index in [4.69, 9.17) is 0 Å². The first-order valence-electron chi connectivity index (χ1n) is 7.35. The van der Waals surface area contributed by atoms with Crippen molar-refractivity contribution in [3.8, 4) is 0 Å². The number of carbonyl (C=O) groups excluding carboxylic acids is 1. The van der Waals surface area contributed by atoms with Gasteiger partial charge in [-0.15, -0.1) is 0 Å². The van der Waals surface area contributed by atoms with Gasteiger partial charge in [0.25, 0.3) is 5.91 Å². The molecule has 3 nitrogen and oxygen atoms in total. The van der Waals surface area contributed by atoms with Crippen LogP contribution in [-0.2, 0) is 6.42 Å². The van der Waals surface area contributed by atoms with Gasteiger partial charge in [-0.05, 0) is 30.5 Å². The molecule has 108 valence electrons. The van der Waals surface area contributed by atoms with Crippen molar-refractivity contribution in [1.29, 1.82) is 0 Å². The van der Waals surface area contributed by atoms with Crippen LogP contribution in [0.15, 0.2) is 18.2 Å². The van der Waals surface area contributed by atoms with Crippen LogP contribution in [0.3, 0.4) is 0 Å². The molecule has 1 N–H and O–H groups in total. The lowest BCUT2D eigenvalue weighted by molar-refractivity contribution is 0.0764. The fraction of sp³-hybridized carbons (Fsp3) is 0.562. The van der Waals surface area contributed by atoms with Gasteiger partial charge in [0.15, 0.2) is 0 Å². The largest absolute Gasteiger partial charge is 0.384 e. The molecule has 0 aromatic heterocycles. The highest BCUT2D eigenvalue weighted by molar-refractivity contribution is 8.00. The molecule has 0 bridgehead atoms. The molecule has 2 aliphatic rings. The van der Waals surface area contributed by atoms with Gasteiger partial charge in [0.1, 0.15) is 0 Å². The molecule has 0 spiro atoms. The number of fused-ring (bicyclic) bond motifs is 1. The highest BCUT2D eigenvalue weighted by Crippen LogP contribution is 2.31. The second-order valence-corrected chi connectivity index (χ2v) is 8.00. The monoisotopic (exact) mass is 290 g/mol. The van der Waals surface area contributed by atoms with Gasteiger partial charge < -0.3 is 10.2 Å². The van der Waals surface area contributed by atoms with Crippen molar-refractivity contribution in [2.75, 3.05) is 30.7 Å². The minimum absolute atomic E-state index is 0.180. The summed E-state index contributed by atoms with van der Waals surface area (Å²) in [6, 6.07) is 6.10. The van der Waals surface area contributed by atoms with Crippen molar-refractivity contribution in [2.24, 2.45) is 0 Å². The first kappa shape index (κ1) is 13.8. The Bertz CT molecular complexity index is 527. The third kappa shape index (κ3) is 2.80. The number of hydrogen-bond donors (Lipinski definition) is 1. The van der Waals surface area contributed by atoms with E-state index in [0.717, 1.165) is 49.5 Å². The first-order valence-corrected chi connectivity index (χ1v) is 8.34. The van der Waals surface area contributed by atoms with E-state index in [-0.39, 0.29) is 10.7 Å². The Labute approximate surface area is 125 Å². The van der Waals surface area contributed by atoms with Gasteiger partial charge in [0.05, 0.1) is 0 Å². The predicted octanol–water partition coefficient (Wildman–Crippen LogP) is 3.01. The number of amides is 1. The standard InChI is InChI=1S/C16H22N2OS/c1-16(2)6-8-18(9-10-20-16)15(19)13-4-3-12-5-7-17-14(12)11-13/h3-4,11,17H,5-10H2,1-2H3. The van der Waals surface area contributed by atoms with Gasteiger partial charge in [-0.3, -0.25) is 4.79 Å². The molecule has 0 radical (unpaired) electrons.